The summed E-state index contributed by atoms with van der Waals surface area (Å²) in [6.07, 6.45) is 5.16. The molecular formula is C15H9BrFO. The van der Waals surface area contributed by atoms with Crippen molar-refractivity contribution in [1.82, 2.24) is 0 Å². The highest BCUT2D eigenvalue weighted by Crippen LogP contribution is 2.35. The second-order valence-corrected chi connectivity index (χ2v) is 4.38. The molecule has 0 aliphatic heterocycles. The highest BCUT2D eigenvalue weighted by molar-refractivity contribution is 9.10. The first-order valence-electron chi connectivity index (χ1n) is 5.25. The molecule has 2 rings (SSSR count). The van der Waals surface area contributed by atoms with E-state index in [1.165, 1.54) is 12.1 Å². The van der Waals surface area contributed by atoms with Crippen LogP contribution in [-0.2, 0) is 0 Å². The molecule has 0 saturated carbocycles. The molecule has 0 bridgehead atoms. The Kier molecular flexibility index (Phi) is 4.01. The van der Waals surface area contributed by atoms with Crippen LogP contribution in [0.3, 0.4) is 0 Å². The zero-order chi connectivity index (χ0) is 13.0. The maximum absolute atomic E-state index is 13.3. The lowest BCUT2D eigenvalue weighted by Crippen LogP contribution is -1.96. The normalized spacial score (nSPS) is 9.83. The maximum atomic E-state index is 13.3. The van der Waals surface area contributed by atoms with Crippen LogP contribution in [0.15, 0.2) is 40.9 Å². The van der Waals surface area contributed by atoms with Gasteiger partial charge in [-0.15, -0.1) is 6.42 Å². The first-order valence-corrected chi connectivity index (χ1v) is 6.04. The van der Waals surface area contributed by atoms with E-state index in [4.69, 9.17) is 11.2 Å². The molecule has 0 aliphatic rings. The predicted octanol–water partition coefficient (Wildman–Crippen LogP) is 4.07. The number of benzene rings is 2. The van der Waals surface area contributed by atoms with Gasteiger partial charge >= 0.3 is 0 Å². The van der Waals surface area contributed by atoms with E-state index in [1.807, 2.05) is 12.1 Å². The van der Waals surface area contributed by atoms with E-state index < -0.39 is 0 Å². The summed E-state index contributed by atoms with van der Waals surface area (Å²) < 4.78 is 19.5. The molecule has 0 saturated heterocycles. The largest absolute Gasteiger partial charge is 0.480 e. The van der Waals surface area contributed by atoms with Gasteiger partial charge in [0.2, 0.25) is 0 Å². The molecule has 0 fully saturated rings. The van der Waals surface area contributed by atoms with Crippen molar-refractivity contribution in [2.45, 2.75) is 0 Å². The van der Waals surface area contributed by atoms with Crippen LogP contribution in [0.2, 0.25) is 0 Å². The quantitative estimate of drug-likeness (QED) is 0.777. The van der Waals surface area contributed by atoms with Crippen LogP contribution in [0.4, 0.5) is 4.39 Å². The van der Waals surface area contributed by atoms with Crippen molar-refractivity contribution in [1.29, 1.82) is 0 Å². The Bertz CT molecular complexity index is 602. The second-order valence-electron chi connectivity index (χ2n) is 3.53. The Labute approximate surface area is 114 Å². The van der Waals surface area contributed by atoms with E-state index >= 15 is 0 Å². The smallest absolute Gasteiger partial charge is 0.148 e. The fourth-order valence-electron chi connectivity index (χ4n) is 1.57. The summed E-state index contributed by atoms with van der Waals surface area (Å²) >= 11 is 3.39. The van der Waals surface area contributed by atoms with Crippen molar-refractivity contribution in [3.8, 4) is 29.2 Å². The fraction of sp³-hybridized carbons (Fsp3) is 0.0667. The van der Waals surface area contributed by atoms with Gasteiger partial charge in [0.05, 0.1) is 0 Å². The fourth-order valence-corrected chi connectivity index (χ4v) is 2.03. The van der Waals surface area contributed by atoms with Crippen LogP contribution in [0.5, 0.6) is 5.75 Å². The van der Waals surface area contributed by atoms with E-state index in [-0.39, 0.29) is 12.4 Å². The summed E-state index contributed by atoms with van der Waals surface area (Å²) in [6, 6.07) is 12.8. The molecule has 0 N–H and O–H groups in total. The summed E-state index contributed by atoms with van der Waals surface area (Å²) in [7, 11) is 0. The number of ether oxygens (including phenoxy) is 1. The third-order valence-corrected chi connectivity index (χ3v) is 3.03. The Morgan fingerprint density at radius 1 is 1.33 bits per heavy atom. The minimum absolute atomic E-state index is 0.153. The van der Waals surface area contributed by atoms with Crippen molar-refractivity contribution >= 4 is 15.9 Å². The highest BCUT2D eigenvalue weighted by Gasteiger charge is 2.10. The molecule has 1 radical (unpaired) electrons. The van der Waals surface area contributed by atoms with Gasteiger partial charge in [-0.05, 0) is 18.2 Å². The van der Waals surface area contributed by atoms with Gasteiger partial charge in [0.15, 0.2) is 0 Å². The molecular weight excluding hydrogens is 295 g/mol. The van der Waals surface area contributed by atoms with Crippen molar-refractivity contribution in [3.05, 3.63) is 52.8 Å². The Morgan fingerprint density at radius 3 is 2.94 bits per heavy atom. The lowest BCUT2D eigenvalue weighted by Gasteiger charge is -2.10. The topological polar surface area (TPSA) is 9.23 Å². The predicted molar refractivity (Wildman–Crippen MR) is 72.7 cm³/mol. The molecule has 0 aliphatic carbocycles. The molecule has 0 spiro atoms. The van der Waals surface area contributed by atoms with E-state index in [2.05, 4.69) is 27.9 Å². The lowest BCUT2D eigenvalue weighted by molar-refractivity contribution is 0.371. The van der Waals surface area contributed by atoms with Crippen molar-refractivity contribution in [2.75, 3.05) is 6.61 Å². The van der Waals surface area contributed by atoms with Crippen LogP contribution >= 0.6 is 15.9 Å². The minimum Gasteiger partial charge on any atom is -0.480 e. The van der Waals surface area contributed by atoms with Gasteiger partial charge in [-0.1, -0.05) is 40.0 Å². The standard InChI is InChI=1S/C15H9BrFO/c1-2-9-18-15-6-4-3-5-12(15)13-10-11(17)7-8-14(13)16/h1,3-5,7-8,10H,9H2. The number of rotatable bonds is 3. The van der Waals surface area contributed by atoms with Crippen LogP contribution in [0.1, 0.15) is 0 Å². The molecule has 2 aromatic rings. The molecule has 0 atom stereocenters. The van der Waals surface area contributed by atoms with E-state index in [0.29, 0.717) is 11.3 Å². The average molecular weight is 304 g/mol. The third-order valence-electron chi connectivity index (χ3n) is 2.34. The second kappa shape index (κ2) is 5.70. The summed E-state index contributed by atoms with van der Waals surface area (Å²) in [6.45, 7) is 0.153. The van der Waals surface area contributed by atoms with E-state index in [1.54, 1.807) is 12.1 Å². The van der Waals surface area contributed by atoms with Crippen molar-refractivity contribution < 1.29 is 9.13 Å². The average Bonchev–Trinajstić information content (AvgIpc) is 2.39. The molecule has 0 amide bonds. The monoisotopic (exact) mass is 303 g/mol. The number of terminal acetylenes is 1. The molecule has 1 nitrogen and oxygen atoms in total. The minimum atomic E-state index is -0.306. The first kappa shape index (κ1) is 12.7. The zero-order valence-corrected chi connectivity index (χ0v) is 11.0. The Hall–Kier alpha value is -1.79. The molecule has 3 heteroatoms. The lowest BCUT2D eigenvalue weighted by atomic mass is 10.0. The molecule has 0 heterocycles. The molecule has 2 aromatic carbocycles. The van der Waals surface area contributed by atoms with Crippen LogP contribution in [0, 0.1) is 24.2 Å². The Morgan fingerprint density at radius 2 is 2.17 bits per heavy atom. The summed E-state index contributed by atoms with van der Waals surface area (Å²) in [5.41, 5.74) is 1.46. The highest BCUT2D eigenvalue weighted by atomic mass is 79.9. The van der Waals surface area contributed by atoms with Gasteiger partial charge in [-0.3, -0.25) is 0 Å². The Balaban J connectivity index is 2.50. The van der Waals surface area contributed by atoms with Gasteiger partial charge in [0.25, 0.3) is 0 Å². The van der Waals surface area contributed by atoms with Gasteiger partial charge in [-0.25, -0.2) is 4.39 Å². The third kappa shape index (κ3) is 2.72. The summed E-state index contributed by atoms with van der Waals surface area (Å²) in [5, 5.41) is 0. The molecule has 0 aromatic heterocycles. The molecule has 18 heavy (non-hydrogen) atoms. The SMILES string of the molecule is C#CCOc1[c]cccc1-c1cc(F)ccc1Br. The van der Waals surface area contributed by atoms with E-state index in [9.17, 15) is 4.39 Å². The number of para-hydroxylation sites is 1. The molecule has 0 unspecified atom stereocenters. The summed E-state index contributed by atoms with van der Waals surface area (Å²) in [4.78, 5) is 0. The van der Waals surface area contributed by atoms with Gasteiger partial charge in [0.1, 0.15) is 18.2 Å². The maximum Gasteiger partial charge on any atom is 0.148 e. The van der Waals surface area contributed by atoms with Gasteiger partial charge in [-0.2, -0.15) is 0 Å². The summed E-state index contributed by atoms with van der Waals surface area (Å²) in [5.74, 6) is 2.60. The number of hydrogen-bond donors (Lipinski definition) is 0. The van der Waals surface area contributed by atoms with Gasteiger partial charge in [0, 0.05) is 21.7 Å². The first-order chi connectivity index (χ1) is 8.72. The van der Waals surface area contributed by atoms with E-state index in [0.717, 1.165) is 10.0 Å². The van der Waals surface area contributed by atoms with Crippen molar-refractivity contribution in [3.63, 3.8) is 0 Å². The van der Waals surface area contributed by atoms with Gasteiger partial charge < -0.3 is 4.74 Å². The number of hydrogen-bond acceptors (Lipinski definition) is 1. The molecule has 89 valence electrons. The van der Waals surface area contributed by atoms with Crippen LogP contribution < -0.4 is 4.74 Å². The van der Waals surface area contributed by atoms with Crippen molar-refractivity contribution in [2.24, 2.45) is 0 Å². The zero-order valence-electron chi connectivity index (χ0n) is 9.41. The van der Waals surface area contributed by atoms with Crippen LogP contribution in [0.25, 0.3) is 11.1 Å². The number of halogens is 2. The van der Waals surface area contributed by atoms with Crippen LogP contribution in [-0.4, -0.2) is 6.61 Å².